The molecule has 1 aliphatic rings. The minimum atomic E-state index is -0.927. The first-order valence-corrected chi connectivity index (χ1v) is 8.40. The van der Waals surface area contributed by atoms with Gasteiger partial charge in [-0.1, -0.05) is 0 Å². The van der Waals surface area contributed by atoms with Crippen molar-refractivity contribution in [1.82, 2.24) is 4.98 Å². The second kappa shape index (κ2) is 5.95. The molecule has 0 radical (unpaired) electrons. The van der Waals surface area contributed by atoms with E-state index in [0.717, 1.165) is 12.8 Å². The first kappa shape index (κ1) is 14.2. The summed E-state index contributed by atoms with van der Waals surface area (Å²) >= 11 is 2.80. The number of carboxylic acid groups (broad SMARTS) is 1. The molecule has 7 heteroatoms. The maximum absolute atomic E-state index is 12.2. The monoisotopic (exact) mass is 322 g/mol. The van der Waals surface area contributed by atoms with Gasteiger partial charge in [0, 0.05) is 10.3 Å². The van der Waals surface area contributed by atoms with Gasteiger partial charge >= 0.3 is 5.97 Å². The molecule has 0 aliphatic heterocycles. The van der Waals surface area contributed by atoms with E-state index in [1.807, 2.05) is 6.07 Å². The molecule has 2 aromatic heterocycles. The van der Waals surface area contributed by atoms with Crippen molar-refractivity contribution in [1.29, 1.82) is 0 Å². The van der Waals surface area contributed by atoms with E-state index < -0.39 is 5.97 Å². The van der Waals surface area contributed by atoms with Gasteiger partial charge in [-0.25, -0.2) is 4.98 Å². The smallest absolute Gasteiger partial charge is 0.309 e. The van der Waals surface area contributed by atoms with Crippen LogP contribution in [0.25, 0.3) is 0 Å². The number of aromatic nitrogens is 1. The number of carbonyl (C=O) groups is 2. The van der Waals surface area contributed by atoms with Gasteiger partial charge in [0.15, 0.2) is 5.13 Å². The molecule has 3 rings (SSSR count). The zero-order valence-corrected chi connectivity index (χ0v) is 12.9. The molecule has 0 bridgehead atoms. The minimum absolute atomic E-state index is 0.125. The van der Waals surface area contributed by atoms with Crippen molar-refractivity contribution in [2.24, 2.45) is 0 Å². The average Bonchev–Trinajstić information content (AvgIpc) is 3.04. The predicted molar refractivity (Wildman–Crippen MR) is 82.4 cm³/mol. The third kappa shape index (κ3) is 3.30. The van der Waals surface area contributed by atoms with Crippen LogP contribution in [0.1, 0.15) is 38.6 Å². The van der Waals surface area contributed by atoms with E-state index in [1.165, 1.54) is 34.6 Å². The lowest BCUT2D eigenvalue weighted by molar-refractivity contribution is -0.136. The Morgan fingerprint density at radius 3 is 2.90 bits per heavy atom. The number of aryl methyl sites for hydroxylation is 2. The average molecular weight is 322 g/mol. The van der Waals surface area contributed by atoms with E-state index in [9.17, 15) is 9.59 Å². The summed E-state index contributed by atoms with van der Waals surface area (Å²) < 4.78 is 0. The Morgan fingerprint density at radius 2 is 2.14 bits per heavy atom. The van der Waals surface area contributed by atoms with E-state index in [0.29, 0.717) is 15.7 Å². The first-order chi connectivity index (χ1) is 10.1. The molecule has 0 aromatic carbocycles. The highest BCUT2D eigenvalue weighted by Gasteiger charge is 2.18. The highest BCUT2D eigenvalue weighted by molar-refractivity contribution is 7.15. The summed E-state index contributed by atoms with van der Waals surface area (Å²) in [5.41, 5.74) is 1.76. The molecule has 2 heterocycles. The molecule has 2 N–H and O–H groups in total. The van der Waals surface area contributed by atoms with Gasteiger partial charge in [-0.15, -0.1) is 22.7 Å². The number of carboxylic acids is 1. The van der Waals surface area contributed by atoms with Crippen molar-refractivity contribution < 1.29 is 14.7 Å². The quantitative estimate of drug-likeness (QED) is 0.907. The number of rotatable bonds is 4. The zero-order chi connectivity index (χ0) is 14.8. The van der Waals surface area contributed by atoms with Gasteiger partial charge in [0.05, 0.1) is 17.0 Å². The van der Waals surface area contributed by atoms with Gasteiger partial charge in [-0.05, 0) is 37.3 Å². The predicted octanol–water partition coefficient (Wildman–Crippen LogP) is 2.96. The summed E-state index contributed by atoms with van der Waals surface area (Å²) in [5.74, 6) is -1.09. The van der Waals surface area contributed by atoms with Crippen LogP contribution in [0.15, 0.2) is 11.4 Å². The number of anilines is 1. The van der Waals surface area contributed by atoms with Crippen LogP contribution in [0.3, 0.4) is 0 Å². The van der Waals surface area contributed by atoms with Crippen molar-refractivity contribution >= 4 is 39.7 Å². The normalized spacial score (nSPS) is 13.7. The Balaban J connectivity index is 1.69. The molecule has 0 saturated heterocycles. The molecule has 21 heavy (non-hydrogen) atoms. The van der Waals surface area contributed by atoms with Crippen molar-refractivity contribution in [3.8, 4) is 0 Å². The number of nitrogens with zero attached hydrogens (tertiary/aromatic N) is 1. The molecule has 0 fully saturated rings. The van der Waals surface area contributed by atoms with Crippen LogP contribution in [0, 0.1) is 0 Å². The van der Waals surface area contributed by atoms with Crippen LogP contribution in [0.5, 0.6) is 0 Å². The number of amides is 1. The second-order valence-electron chi connectivity index (χ2n) is 4.93. The van der Waals surface area contributed by atoms with Gasteiger partial charge in [0.25, 0.3) is 5.91 Å². The molecule has 5 nitrogen and oxygen atoms in total. The summed E-state index contributed by atoms with van der Waals surface area (Å²) in [6.45, 7) is 0. The fraction of sp³-hybridized carbons (Fsp3) is 0.357. The molecule has 0 unspecified atom stereocenters. The van der Waals surface area contributed by atoms with E-state index in [4.69, 9.17) is 5.11 Å². The van der Waals surface area contributed by atoms with E-state index in [2.05, 4.69) is 10.3 Å². The summed E-state index contributed by atoms with van der Waals surface area (Å²) in [7, 11) is 0. The minimum Gasteiger partial charge on any atom is -0.481 e. The number of aliphatic carboxylic acids is 1. The number of nitrogens with one attached hydrogen (secondary N) is 1. The fourth-order valence-electron chi connectivity index (χ4n) is 2.36. The molecule has 0 saturated carbocycles. The van der Waals surface area contributed by atoms with Crippen LogP contribution >= 0.6 is 22.7 Å². The summed E-state index contributed by atoms with van der Waals surface area (Å²) in [6, 6.07) is 1.97. The van der Waals surface area contributed by atoms with Gasteiger partial charge in [-0.2, -0.15) is 0 Å². The van der Waals surface area contributed by atoms with Crippen molar-refractivity contribution in [3.63, 3.8) is 0 Å². The standard InChI is InChI=1S/C14H14N2O3S2/c17-12(18)6-9-7-20-14(15-9)16-13(19)11-5-8-3-1-2-4-10(8)21-11/h5,7H,1-4,6H2,(H,17,18)(H,15,16,19). The number of fused-ring (bicyclic) bond motifs is 1. The Labute approximate surface area is 129 Å². The Hall–Kier alpha value is -1.73. The highest BCUT2D eigenvalue weighted by Crippen LogP contribution is 2.30. The number of thiazole rings is 1. The number of carbonyl (C=O) groups excluding carboxylic acids is 1. The maximum Gasteiger partial charge on any atom is 0.309 e. The van der Waals surface area contributed by atoms with Crippen LogP contribution in [-0.4, -0.2) is 22.0 Å². The number of hydrogen-bond donors (Lipinski definition) is 2. The van der Waals surface area contributed by atoms with E-state index >= 15 is 0 Å². The second-order valence-corrected chi connectivity index (χ2v) is 6.93. The lowest BCUT2D eigenvalue weighted by atomic mass is 9.99. The Bertz CT molecular complexity index is 667. The molecule has 1 amide bonds. The molecule has 0 spiro atoms. The van der Waals surface area contributed by atoms with Crippen LogP contribution < -0.4 is 5.32 Å². The fourth-order valence-corrected chi connectivity index (χ4v) is 4.22. The number of hydrogen-bond acceptors (Lipinski definition) is 5. The maximum atomic E-state index is 12.2. The van der Waals surface area contributed by atoms with Gasteiger partial charge < -0.3 is 5.11 Å². The summed E-state index contributed by atoms with van der Waals surface area (Å²) in [5, 5.41) is 13.6. The summed E-state index contributed by atoms with van der Waals surface area (Å²) in [6.07, 6.45) is 4.38. The van der Waals surface area contributed by atoms with Crippen LogP contribution in [0.4, 0.5) is 5.13 Å². The number of thiophene rings is 1. The molecule has 110 valence electrons. The molecule has 2 aromatic rings. The SMILES string of the molecule is O=C(O)Cc1csc(NC(=O)c2cc3c(s2)CCCC3)n1. The lowest BCUT2D eigenvalue weighted by Crippen LogP contribution is -2.10. The van der Waals surface area contributed by atoms with Gasteiger partial charge in [0.1, 0.15) is 0 Å². The third-order valence-corrected chi connectivity index (χ3v) is 5.37. The van der Waals surface area contributed by atoms with Crippen LogP contribution in [0.2, 0.25) is 0 Å². The van der Waals surface area contributed by atoms with Crippen molar-refractivity contribution in [2.75, 3.05) is 5.32 Å². The topological polar surface area (TPSA) is 79.3 Å². The Morgan fingerprint density at radius 1 is 1.33 bits per heavy atom. The Kier molecular flexibility index (Phi) is 4.03. The molecule has 1 aliphatic carbocycles. The first-order valence-electron chi connectivity index (χ1n) is 6.71. The molecular weight excluding hydrogens is 308 g/mol. The zero-order valence-electron chi connectivity index (χ0n) is 11.2. The lowest BCUT2D eigenvalue weighted by Gasteiger charge is -2.08. The van der Waals surface area contributed by atoms with Crippen molar-refractivity contribution in [2.45, 2.75) is 32.1 Å². The van der Waals surface area contributed by atoms with Gasteiger partial charge in [0.2, 0.25) is 0 Å². The van der Waals surface area contributed by atoms with Crippen molar-refractivity contribution in [3.05, 3.63) is 32.5 Å². The summed E-state index contributed by atoms with van der Waals surface area (Å²) in [4.78, 5) is 29.0. The van der Waals surface area contributed by atoms with E-state index in [1.54, 1.807) is 16.7 Å². The third-order valence-electron chi connectivity index (χ3n) is 3.32. The largest absolute Gasteiger partial charge is 0.481 e. The van der Waals surface area contributed by atoms with Crippen LogP contribution in [-0.2, 0) is 24.1 Å². The van der Waals surface area contributed by atoms with Gasteiger partial charge in [-0.3, -0.25) is 14.9 Å². The molecular formula is C14H14N2O3S2. The van der Waals surface area contributed by atoms with E-state index in [-0.39, 0.29) is 12.3 Å². The highest BCUT2D eigenvalue weighted by atomic mass is 32.1. The molecule has 0 atom stereocenters.